The summed E-state index contributed by atoms with van der Waals surface area (Å²) >= 11 is 2.59. The Morgan fingerprint density at radius 2 is 1.52 bits per heavy atom. The Kier molecular flexibility index (Phi) is 3.71. The molecule has 1 heteroatoms. The van der Waals surface area contributed by atoms with Crippen LogP contribution in [0.25, 0.3) is 27.5 Å². The number of alkyl halides is 1. The van der Waals surface area contributed by atoms with Gasteiger partial charge in [0.15, 0.2) is 0 Å². The first kappa shape index (κ1) is 17.2. The number of hydrogen-bond acceptors (Lipinski definition) is 0. The summed E-state index contributed by atoms with van der Waals surface area (Å²) in [5, 5.41) is 2.60. The van der Waals surface area contributed by atoms with Crippen LogP contribution in [0.2, 0.25) is 0 Å². The second-order valence-corrected chi connectivity index (χ2v) is 11.1. The van der Waals surface area contributed by atoms with E-state index in [9.17, 15) is 0 Å². The molecule has 1 unspecified atom stereocenters. The van der Waals surface area contributed by atoms with E-state index in [0.717, 1.165) is 6.42 Å². The van der Waals surface area contributed by atoms with Gasteiger partial charge in [0.1, 0.15) is 0 Å². The van der Waals surface area contributed by atoms with Gasteiger partial charge in [-0.05, 0) is 69.6 Å². The van der Waals surface area contributed by atoms with Gasteiger partial charge in [-0.2, -0.15) is 0 Å². The molecule has 0 bridgehead atoms. The van der Waals surface area contributed by atoms with Gasteiger partial charge in [-0.3, -0.25) is 0 Å². The van der Waals surface area contributed by atoms with Crippen molar-refractivity contribution < 1.29 is 0 Å². The molecule has 0 radical (unpaired) electrons. The lowest BCUT2D eigenvalue weighted by Gasteiger charge is -2.29. The maximum Gasteiger partial charge on any atom is 0.0413 e. The largest absolute Gasteiger partial charge is 0.0747 e. The van der Waals surface area contributed by atoms with Crippen molar-refractivity contribution in [1.82, 2.24) is 0 Å². The molecule has 27 heavy (non-hydrogen) atoms. The van der Waals surface area contributed by atoms with Crippen molar-refractivity contribution in [2.45, 2.75) is 36.0 Å². The number of allylic oxidation sites excluding steroid dienone is 4. The zero-order valence-electron chi connectivity index (χ0n) is 16.0. The first-order chi connectivity index (χ1) is 12.9. The average molecular weight is 462 g/mol. The van der Waals surface area contributed by atoms with Gasteiger partial charge < -0.3 is 0 Å². The third-order valence-corrected chi connectivity index (χ3v) is 6.93. The topological polar surface area (TPSA) is 0 Å². The van der Waals surface area contributed by atoms with Crippen LogP contribution in [-0.4, -0.2) is 3.42 Å². The molecule has 0 fully saturated rings. The summed E-state index contributed by atoms with van der Waals surface area (Å²) in [5.41, 5.74) is 8.49. The fourth-order valence-corrected chi connectivity index (χ4v) is 5.14. The second-order valence-electron chi connectivity index (χ2n) is 8.61. The predicted molar refractivity (Wildman–Crippen MR) is 126 cm³/mol. The Morgan fingerprint density at radius 1 is 0.815 bits per heavy atom. The monoisotopic (exact) mass is 462 g/mol. The normalized spacial score (nSPS) is 22.8. The smallest absolute Gasteiger partial charge is 0.0413 e. The minimum absolute atomic E-state index is 0.0564. The lowest BCUT2D eigenvalue weighted by atomic mass is 9.78. The maximum absolute atomic E-state index is 2.59. The molecule has 0 nitrogen and oxygen atoms in total. The van der Waals surface area contributed by atoms with Gasteiger partial charge in [0.05, 0.1) is 0 Å². The average Bonchev–Trinajstić information content (AvgIpc) is 2.87. The van der Waals surface area contributed by atoms with E-state index in [4.69, 9.17) is 0 Å². The quantitative estimate of drug-likeness (QED) is 0.257. The predicted octanol–water partition coefficient (Wildman–Crippen LogP) is 7.71. The summed E-state index contributed by atoms with van der Waals surface area (Å²) in [4.78, 5) is 0. The highest BCUT2D eigenvalue weighted by molar-refractivity contribution is 14.1. The number of benzene rings is 3. The van der Waals surface area contributed by atoms with E-state index in [1.165, 1.54) is 44.2 Å². The van der Waals surface area contributed by atoms with Crippen LogP contribution in [-0.2, 0) is 5.41 Å². The number of hydrogen-bond donors (Lipinski definition) is 0. The number of halogens is 1. The molecule has 0 heterocycles. The van der Waals surface area contributed by atoms with Crippen LogP contribution in [0.3, 0.4) is 0 Å². The Hall–Kier alpha value is -1.87. The van der Waals surface area contributed by atoms with Crippen LogP contribution in [0, 0.1) is 0 Å². The molecule has 0 saturated heterocycles. The van der Waals surface area contributed by atoms with Crippen molar-refractivity contribution in [3.05, 3.63) is 89.5 Å². The lowest BCUT2D eigenvalue weighted by Crippen LogP contribution is -2.22. The van der Waals surface area contributed by atoms with Crippen LogP contribution < -0.4 is 0 Å². The molecule has 1 atom stereocenters. The van der Waals surface area contributed by atoms with E-state index in [1.54, 1.807) is 0 Å². The molecule has 3 aromatic carbocycles. The molecule has 0 N–H and O–H groups in total. The van der Waals surface area contributed by atoms with Gasteiger partial charge in [0, 0.05) is 8.84 Å². The van der Waals surface area contributed by atoms with Gasteiger partial charge in [0.2, 0.25) is 0 Å². The van der Waals surface area contributed by atoms with Crippen molar-refractivity contribution >= 4 is 38.9 Å². The minimum atomic E-state index is 0.0564. The molecule has 0 aromatic heterocycles. The molecule has 0 amide bonds. The highest BCUT2D eigenvalue weighted by Gasteiger charge is 2.41. The zero-order valence-corrected chi connectivity index (χ0v) is 18.2. The van der Waals surface area contributed by atoms with Crippen LogP contribution in [0.5, 0.6) is 0 Å². The fraction of sp³-hybridized carbons (Fsp3) is 0.231. The molecular weight excluding hydrogens is 439 g/mol. The van der Waals surface area contributed by atoms with Crippen molar-refractivity contribution in [3.8, 4) is 11.1 Å². The van der Waals surface area contributed by atoms with Gasteiger partial charge >= 0.3 is 0 Å². The molecule has 0 aliphatic heterocycles. The third kappa shape index (κ3) is 2.70. The summed E-state index contributed by atoms with van der Waals surface area (Å²) in [6, 6.07) is 22.4. The van der Waals surface area contributed by atoms with E-state index >= 15 is 0 Å². The molecule has 2 aliphatic rings. The third-order valence-electron chi connectivity index (χ3n) is 6.18. The Morgan fingerprint density at radius 3 is 2.33 bits per heavy atom. The van der Waals surface area contributed by atoms with E-state index in [0.29, 0.717) is 0 Å². The van der Waals surface area contributed by atoms with Gasteiger partial charge in [-0.1, -0.05) is 97.1 Å². The van der Waals surface area contributed by atoms with Crippen molar-refractivity contribution in [1.29, 1.82) is 0 Å². The Bertz CT molecular complexity index is 1140. The molecule has 0 spiro atoms. The highest BCUT2D eigenvalue weighted by atomic mass is 127. The van der Waals surface area contributed by atoms with E-state index in [2.05, 4.69) is 116 Å². The molecule has 0 saturated carbocycles. The lowest BCUT2D eigenvalue weighted by molar-refractivity contribution is 0.647. The molecule has 5 rings (SSSR count). The second kappa shape index (κ2) is 5.81. The molecule has 134 valence electrons. The number of fused-ring (bicyclic) bond motifs is 4. The van der Waals surface area contributed by atoms with Crippen molar-refractivity contribution in [2.75, 3.05) is 0 Å². The van der Waals surface area contributed by atoms with Crippen LogP contribution in [0.15, 0.2) is 78.4 Å². The minimum Gasteiger partial charge on any atom is -0.0747 e. The zero-order chi connectivity index (χ0) is 18.8. The first-order valence-corrected chi connectivity index (χ1v) is 10.7. The van der Waals surface area contributed by atoms with Crippen LogP contribution >= 0.6 is 22.6 Å². The van der Waals surface area contributed by atoms with Crippen LogP contribution in [0.4, 0.5) is 0 Å². The molecule has 2 aliphatic carbocycles. The summed E-state index contributed by atoms with van der Waals surface area (Å²) in [6.45, 7) is 7.08. The summed E-state index contributed by atoms with van der Waals surface area (Å²) in [6.07, 6.45) is 6.05. The van der Waals surface area contributed by atoms with Gasteiger partial charge in [-0.15, -0.1) is 0 Å². The maximum atomic E-state index is 2.59. The van der Waals surface area contributed by atoms with Crippen molar-refractivity contribution in [2.24, 2.45) is 0 Å². The molecule has 3 aromatic rings. The number of rotatable bonds is 1. The summed E-state index contributed by atoms with van der Waals surface area (Å²) in [7, 11) is 0. The van der Waals surface area contributed by atoms with Crippen molar-refractivity contribution in [3.63, 3.8) is 0 Å². The Balaban J connectivity index is 1.66. The summed E-state index contributed by atoms with van der Waals surface area (Å²) in [5.74, 6) is 0. The fourth-order valence-electron chi connectivity index (χ4n) is 4.61. The molecular formula is C26H23I. The van der Waals surface area contributed by atoms with E-state index in [1.807, 2.05) is 0 Å². The van der Waals surface area contributed by atoms with Crippen LogP contribution in [0.1, 0.15) is 38.3 Å². The summed E-state index contributed by atoms with van der Waals surface area (Å²) < 4.78 is 0.219. The standard InChI is InChI=1S/C26H23I/c1-25(2)23-15-20(19-9-8-17-6-4-5-7-18(17)14-19)10-11-21(23)22-12-13-26(3,27)16-24(22)25/h4-12,14-16H,13H2,1-3H3. The van der Waals surface area contributed by atoms with E-state index < -0.39 is 0 Å². The first-order valence-electron chi connectivity index (χ1n) is 9.62. The Labute approximate surface area is 175 Å². The highest BCUT2D eigenvalue weighted by Crippen LogP contribution is 2.54. The SMILES string of the molecule is CC1(I)C=C2C(=CC1)c1ccc(-c3ccc4ccccc4c3)cc1C2(C)C. The van der Waals surface area contributed by atoms with Gasteiger partial charge in [0.25, 0.3) is 0 Å². The van der Waals surface area contributed by atoms with Gasteiger partial charge in [-0.25, -0.2) is 0 Å². The van der Waals surface area contributed by atoms with E-state index in [-0.39, 0.29) is 8.84 Å².